The third-order valence-corrected chi connectivity index (χ3v) is 4.71. The minimum atomic E-state index is -0.114. The molecule has 6 heteroatoms. The van der Waals surface area contributed by atoms with Gasteiger partial charge in [0.25, 0.3) is 0 Å². The number of hydrogen-bond acceptors (Lipinski definition) is 6. The molecule has 5 rings (SSSR count). The topological polar surface area (TPSA) is 59.0 Å². The number of nitrogens with zero attached hydrogens (tertiary/aromatic N) is 3. The first kappa shape index (κ1) is 15.0. The van der Waals surface area contributed by atoms with E-state index in [-0.39, 0.29) is 19.0 Å². The Labute approximate surface area is 151 Å². The molecule has 0 saturated carbocycles. The van der Waals surface area contributed by atoms with Crippen LogP contribution in [0.1, 0.15) is 12.6 Å². The van der Waals surface area contributed by atoms with Crippen molar-refractivity contribution < 1.29 is 9.47 Å². The Hall–Kier alpha value is -3.28. The molecule has 2 aromatic rings. The number of fused-ring (bicyclic) bond motifs is 2. The number of allylic oxidation sites excluding steroid dienone is 2. The molecule has 0 saturated heterocycles. The molecule has 130 valence electrons. The Morgan fingerprint density at radius 2 is 2.08 bits per heavy atom. The Kier molecular flexibility index (Phi) is 3.41. The monoisotopic (exact) mass is 346 g/mol. The number of benzene rings is 1. The minimum absolute atomic E-state index is 0.114. The van der Waals surface area contributed by atoms with Crippen LogP contribution in [0.3, 0.4) is 0 Å². The van der Waals surface area contributed by atoms with E-state index in [9.17, 15) is 0 Å². The van der Waals surface area contributed by atoms with E-state index in [2.05, 4.69) is 34.3 Å². The van der Waals surface area contributed by atoms with Gasteiger partial charge in [0, 0.05) is 24.0 Å². The van der Waals surface area contributed by atoms with Gasteiger partial charge in [-0.3, -0.25) is 4.98 Å². The van der Waals surface area contributed by atoms with Gasteiger partial charge >= 0.3 is 0 Å². The fraction of sp³-hybridized carbons (Fsp3) is 0.200. The molecule has 2 atom stereocenters. The number of pyridine rings is 1. The van der Waals surface area contributed by atoms with E-state index < -0.39 is 0 Å². The lowest BCUT2D eigenvalue weighted by Crippen LogP contribution is -2.46. The van der Waals surface area contributed by atoms with Gasteiger partial charge in [-0.15, -0.1) is 0 Å². The molecule has 1 aromatic carbocycles. The molecular formula is C20H18N4O2. The van der Waals surface area contributed by atoms with Crippen LogP contribution in [-0.2, 0) is 0 Å². The van der Waals surface area contributed by atoms with Crippen molar-refractivity contribution in [2.75, 3.05) is 12.1 Å². The Morgan fingerprint density at radius 3 is 2.96 bits per heavy atom. The second-order valence-corrected chi connectivity index (χ2v) is 6.38. The van der Waals surface area contributed by atoms with Crippen molar-refractivity contribution >= 4 is 11.4 Å². The molecule has 26 heavy (non-hydrogen) atoms. The van der Waals surface area contributed by atoms with Gasteiger partial charge in [-0.2, -0.15) is 0 Å². The SMILES string of the molecule is CC1C=CC=C2N=C(c3ccccn3)C(Nc3ccc4c(c3)OCO4)N21. The van der Waals surface area contributed by atoms with Gasteiger partial charge in [0.1, 0.15) is 17.7 Å². The van der Waals surface area contributed by atoms with Crippen molar-refractivity contribution in [3.8, 4) is 11.5 Å². The number of aromatic nitrogens is 1. The van der Waals surface area contributed by atoms with Gasteiger partial charge in [-0.05, 0) is 37.3 Å². The molecular weight excluding hydrogens is 328 g/mol. The third kappa shape index (κ3) is 2.42. The Morgan fingerprint density at radius 1 is 1.15 bits per heavy atom. The van der Waals surface area contributed by atoms with Crippen molar-refractivity contribution in [3.05, 3.63) is 72.3 Å². The van der Waals surface area contributed by atoms with Gasteiger partial charge in [0.15, 0.2) is 11.5 Å². The zero-order chi connectivity index (χ0) is 17.5. The summed E-state index contributed by atoms with van der Waals surface area (Å²) in [4.78, 5) is 11.6. The maximum absolute atomic E-state index is 5.50. The fourth-order valence-corrected chi connectivity index (χ4v) is 3.46. The predicted molar refractivity (Wildman–Crippen MR) is 99.3 cm³/mol. The lowest BCUT2D eigenvalue weighted by atomic mass is 10.1. The summed E-state index contributed by atoms with van der Waals surface area (Å²) in [5.41, 5.74) is 2.73. The number of rotatable bonds is 3. The molecule has 3 aliphatic heterocycles. The fourth-order valence-electron chi connectivity index (χ4n) is 3.46. The lowest BCUT2D eigenvalue weighted by Gasteiger charge is -2.34. The first-order valence-corrected chi connectivity index (χ1v) is 8.62. The van der Waals surface area contributed by atoms with Crippen molar-refractivity contribution in [2.24, 2.45) is 4.99 Å². The molecule has 4 heterocycles. The van der Waals surface area contributed by atoms with Gasteiger partial charge in [0.05, 0.1) is 5.69 Å². The van der Waals surface area contributed by atoms with E-state index in [0.29, 0.717) is 0 Å². The summed E-state index contributed by atoms with van der Waals surface area (Å²) in [5, 5.41) is 3.59. The zero-order valence-corrected chi connectivity index (χ0v) is 14.3. The van der Waals surface area contributed by atoms with E-state index in [1.807, 2.05) is 42.5 Å². The van der Waals surface area contributed by atoms with E-state index >= 15 is 0 Å². The molecule has 1 aromatic heterocycles. The normalized spacial score (nSPS) is 22.7. The summed E-state index contributed by atoms with van der Waals surface area (Å²) in [6, 6.07) is 12.0. The minimum Gasteiger partial charge on any atom is -0.454 e. The number of anilines is 1. The molecule has 2 unspecified atom stereocenters. The Balaban J connectivity index is 1.52. The number of ether oxygens (including phenoxy) is 2. The first-order valence-electron chi connectivity index (χ1n) is 8.62. The average Bonchev–Trinajstić information content (AvgIpc) is 3.28. The Bertz CT molecular complexity index is 936. The molecule has 0 fully saturated rings. The number of nitrogens with one attached hydrogen (secondary N) is 1. The summed E-state index contributed by atoms with van der Waals surface area (Å²) in [6.07, 6.45) is 7.93. The highest BCUT2D eigenvalue weighted by atomic mass is 16.7. The molecule has 0 amide bonds. The zero-order valence-electron chi connectivity index (χ0n) is 14.3. The summed E-state index contributed by atoms with van der Waals surface area (Å²) < 4.78 is 10.9. The van der Waals surface area contributed by atoms with Crippen LogP contribution < -0.4 is 14.8 Å². The smallest absolute Gasteiger partial charge is 0.231 e. The van der Waals surface area contributed by atoms with Crippen LogP contribution in [-0.4, -0.2) is 34.6 Å². The number of aliphatic imine (C=N–C) groups is 1. The van der Waals surface area contributed by atoms with Crippen molar-refractivity contribution in [2.45, 2.75) is 19.1 Å². The van der Waals surface area contributed by atoms with Gasteiger partial charge in [-0.25, -0.2) is 4.99 Å². The molecule has 0 radical (unpaired) electrons. The highest BCUT2D eigenvalue weighted by Gasteiger charge is 2.36. The van der Waals surface area contributed by atoms with Crippen LogP contribution in [0.5, 0.6) is 11.5 Å². The number of hydrogen-bond donors (Lipinski definition) is 1. The molecule has 3 aliphatic rings. The standard InChI is InChI=1S/C20H18N4O2/c1-13-5-4-7-18-23-19(15-6-2-3-10-21-15)20(24(13)18)22-14-8-9-16-17(11-14)26-12-25-16/h2-11,13,20,22H,12H2,1H3. The maximum atomic E-state index is 5.50. The quantitative estimate of drug-likeness (QED) is 0.925. The second-order valence-electron chi connectivity index (χ2n) is 6.38. The largest absolute Gasteiger partial charge is 0.454 e. The van der Waals surface area contributed by atoms with Crippen LogP contribution in [0, 0.1) is 0 Å². The average molecular weight is 346 g/mol. The lowest BCUT2D eigenvalue weighted by molar-refractivity contribution is 0.174. The van der Waals surface area contributed by atoms with E-state index in [1.165, 1.54) is 0 Å². The molecule has 0 spiro atoms. The van der Waals surface area contributed by atoms with Crippen LogP contribution in [0.4, 0.5) is 5.69 Å². The van der Waals surface area contributed by atoms with Crippen molar-refractivity contribution in [1.82, 2.24) is 9.88 Å². The molecule has 1 N–H and O–H groups in total. The van der Waals surface area contributed by atoms with Crippen LogP contribution in [0.25, 0.3) is 0 Å². The van der Waals surface area contributed by atoms with Gasteiger partial charge in [0.2, 0.25) is 6.79 Å². The predicted octanol–water partition coefficient (Wildman–Crippen LogP) is 3.15. The van der Waals surface area contributed by atoms with Gasteiger partial charge in [-0.1, -0.05) is 18.2 Å². The van der Waals surface area contributed by atoms with E-state index in [0.717, 1.165) is 34.4 Å². The molecule has 0 bridgehead atoms. The summed E-state index contributed by atoms with van der Waals surface area (Å²) >= 11 is 0. The van der Waals surface area contributed by atoms with Crippen LogP contribution in [0.15, 0.2) is 71.6 Å². The summed E-state index contributed by atoms with van der Waals surface area (Å²) in [6.45, 7) is 2.43. The second kappa shape index (κ2) is 5.91. The van der Waals surface area contributed by atoms with E-state index in [1.54, 1.807) is 6.20 Å². The molecule has 0 aliphatic carbocycles. The van der Waals surface area contributed by atoms with Crippen LogP contribution in [0.2, 0.25) is 0 Å². The van der Waals surface area contributed by atoms with Crippen molar-refractivity contribution in [1.29, 1.82) is 0 Å². The first-order chi connectivity index (χ1) is 12.8. The van der Waals surface area contributed by atoms with Crippen LogP contribution >= 0.6 is 0 Å². The summed E-state index contributed by atoms with van der Waals surface area (Å²) in [7, 11) is 0. The highest BCUT2D eigenvalue weighted by molar-refractivity contribution is 6.06. The third-order valence-electron chi connectivity index (χ3n) is 4.71. The highest BCUT2D eigenvalue weighted by Crippen LogP contribution is 2.36. The van der Waals surface area contributed by atoms with Gasteiger partial charge < -0.3 is 19.7 Å². The summed E-state index contributed by atoms with van der Waals surface area (Å²) in [5.74, 6) is 2.47. The van der Waals surface area contributed by atoms with Crippen molar-refractivity contribution in [3.63, 3.8) is 0 Å². The maximum Gasteiger partial charge on any atom is 0.231 e. The van der Waals surface area contributed by atoms with E-state index in [4.69, 9.17) is 14.5 Å². The molecule has 6 nitrogen and oxygen atoms in total.